The molecule has 0 fully saturated rings. The van der Waals surface area contributed by atoms with Gasteiger partial charge < -0.3 is 10.3 Å². The first kappa shape index (κ1) is 13.1. The molecular weight excluding hydrogens is 264 g/mol. The summed E-state index contributed by atoms with van der Waals surface area (Å²) < 4.78 is 1.97. The van der Waals surface area contributed by atoms with Gasteiger partial charge in [-0.25, -0.2) is 15.0 Å². The number of nitriles is 1. The molecule has 21 heavy (non-hydrogen) atoms. The summed E-state index contributed by atoms with van der Waals surface area (Å²) in [6.45, 7) is 2.33. The molecular formula is C15H14N6. The average Bonchev–Trinajstić information content (AvgIpc) is 2.76. The Hall–Kier alpha value is -2.94. The summed E-state index contributed by atoms with van der Waals surface area (Å²) in [7, 11) is 0. The topological polar surface area (TPSA) is 93.4 Å². The number of imidazole rings is 1. The Bertz CT molecular complexity index is 823. The summed E-state index contributed by atoms with van der Waals surface area (Å²) in [4.78, 5) is 13.1. The van der Waals surface area contributed by atoms with Crippen molar-refractivity contribution in [2.75, 3.05) is 5.73 Å². The summed E-state index contributed by atoms with van der Waals surface area (Å²) in [5.41, 5.74) is 8.42. The van der Waals surface area contributed by atoms with Gasteiger partial charge in [-0.15, -0.1) is 0 Å². The van der Waals surface area contributed by atoms with Crippen molar-refractivity contribution < 1.29 is 0 Å². The fourth-order valence-electron chi connectivity index (χ4n) is 2.38. The van der Waals surface area contributed by atoms with E-state index in [-0.39, 0.29) is 6.42 Å². The maximum Gasteiger partial charge on any atom is 0.150 e. The van der Waals surface area contributed by atoms with E-state index >= 15 is 0 Å². The molecule has 0 saturated heterocycles. The minimum absolute atomic E-state index is 0.246. The molecule has 0 bridgehead atoms. The molecule has 0 aliphatic heterocycles. The quantitative estimate of drug-likeness (QED) is 0.788. The van der Waals surface area contributed by atoms with Gasteiger partial charge in [0.05, 0.1) is 30.1 Å². The predicted octanol–water partition coefficient (Wildman–Crippen LogP) is 1.83. The second-order valence-corrected chi connectivity index (χ2v) is 4.79. The van der Waals surface area contributed by atoms with Gasteiger partial charge in [0.1, 0.15) is 11.6 Å². The van der Waals surface area contributed by atoms with Crippen LogP contribution in [0.3, 0.4) is 0 Å². The number of hydrogen-bond donors (Lipinski definition) is 1. The standard InChI is InChI=1S/C15H14N6/c1-10-8-13(17)20-14(18-10)9-21-12-5-3-2-4-11(12)19-15(21)6-7-16/h2-5,8H,6,9H2,1H3,(H2,17,18,20). The number of aryl methyl sites for hydroxylation is 1. The highest BCUT2D eigenvalue weighted by atomic mass is 15.1. The molecule has 0 aliphatic carbocycles. The normalized spacial score (nSPS) is 10.7. The molecule has 1 aromatic carbocycles. The van der Waals surface area contributed by atoms with Crippen LogP contribution in [-0.2, 0) is 13.0 Å². The van der Waals surface area contributed by atoms with E-state index in [1.54, 1.807) is 6.07 Å². The van der Waals surface area contributed by atoms with Crippen molar-refractivity contribution in [2.45, 2.75) is 19.9 Å². The lowest BCUT2D eigenvalue weighted by molar-refractivity contribution is 0.723. The summed E-state index contributed by atoms with van der Waals surface area (Å²) in [5, 5.41) is 8.97. The van der Waals surface area contributed by atoms with E-state index in [9.17, 15) is 0 Å². The van der Waals surface area contributed by atoms with Crippen molar-refractivity contribution >= 4 is 16.9 Å². The van der Waals surface area contributed by atoms with Gasteiger partial charge in [0.2, 0.25) is 0 Å². The van der Waals surface area contributed by atoms with Crippen molar-refractivity contribution in [2.24, 2.45) is 0 Å². The van der Waals surface area contributed by atoms with Crippen molar-refractivity contribution in [3.63, 3.8) is 0 Å². The lowest BCUT2D eigenvalue weighted by atomic mass is 10.3. The van der Waals surface area contributed by atoms with E-state index in [0.29, 0.717) is 24.0 Å². The zero-order valence-electron chi connectivity index (χ0n) is 11.6. The molecule has 0 spiro atoms. The number of para-hydroxylation sites is 2. The third-order valence-electron chi connectivity index (χ3n) is 3.19. The van der Waals surface area contributed by atoms with E-state index in [4.69, 9.17) is 11.0 Å². The first-order valence-electron chi connectivity index (χ1n) is 6.58. The number of benzene rings is 1. The van der Waals surface area contributed by atoms with Crippen LogP contribution >= 0.6 is 0 Å². The van der Waals surface area contributed by atoms with Crippen molar-refractivity contribution in [1.82, 2.24) is 19.5 Å². The number of anilines is 1. The minimum Gasteiger partial charge on any atom is -0.384 e. The Morgan fingerprint density at radius 2 is 2.05 bits per heavy atom. The number of nitrogen functional groups attached to an aromatic ring is 1. The Morgan fingerprint density at radius 1 is 1.24 bits per heavy atom. The summed E-state index contributed by atoms with van der Waals surface area (Å²) in [6, 6.07) is 11.7. The molecule has 2 aromatic heterocycles. The molecule has 2 heterocycles. The van der Waals surface area contributed by atoms with E-state index in [2.05, 4.69) is 21.0 Å². The lowest BCUT2D eigenvalue weighted by Crippen LogP contribution is -2.10. The summed E-state index contributed by atoms with van der Waals surface area (Å²) in [5.74, 6) is 1.78. The molecule has 3 rings (SSSR count). The van der Waals surface area contributed by atoms with Gasteiger partial charge in [-0.1, -0.05) is 12.1 Å². The molecule has 0 atom stereocenters. The number of fused-ring (bicyclic) bond motifs is 1. The fraction of sp³-hybridized carbons (Fsp3) is 0.200. The van der Waals surface area contributed by atoms with E-state index in [1.165, 1.54) is 0 Å². The highest BCUT2D eigenvalue weighted by molar-refractivity contribution is 5.76. The van der Waals surface area contributed by atoms with Crippen LogP contribution in [0.2, 0.25) is 0 Å². The first-order valence-corrected chi connectivity index (χ1v) is 6.58. The molecule has 6 heteroatoms. The van der Waals surface area contributed by atoms with Gasteiger partial charge in [-0.2, -0.15) is 5.26 Å². The fourth-order valence-corrected chi connectivity index (χ4v) is 2.38. The van der Waals surface area contributed by atoms with Gasteiger partial charge >= 0.3 is 0 Å². The Labute approximate surface area is 121 Å². The zero-order chi connectivity index (χ0) is 14.8. The van der Waals surface area contributed by atoms with Crippen LogP contribution in [0.4, 0.5) is 5.82 Å². The Balaban J connectivity index is 2.10. The first-order chi connectivity index (χ1) is 10.2. The largest absolute Gasteiger partial charge is 0.384 e. The van der Waals surface area contributed by atoms with E-state index < -0.39 is 0 Å². The molecule has 6 nitrogen and oxygen atoms in total. The van der Waals surface area contributed by atoms with Crippen LogP contribution in [0.1, 0.15) is 17.3 Å². The molecule has 0 amide bonds. The Morgan fingerprint density at radius 3 is 2.81 bits per heavy atom. The lowest BCUT2D eigenvalue weighted by Gasteiger charge is -2.08. The molecule has 0 radical (unpaired) electrons. The highest BCUT2D eigenvalue weighted by Gasteiger charge is 2.12. The third-order valence-corrected chi connectivity index (χ3v) is 3.19. The van der Waals surface area contributed by atoms with Gasteiger partial charge in [-0.3, -0.25) is 0 Å². The smallest absolute Gasteiger partial charge is 0.150 e. The number of hydrogen-bond acceptors (Lipinski definition) is 5. The van der Waals surface area contributed by atoms with Crippen LogP contribution < -0.4 is 5.73 Å². The van der Waals surface area contributed by atoms with E-state index in [0.717, 1.165) is 16.7 Å². The monoisotopic (exact) mass is 278 g/mol. The minimum atomic E-state index is 0.246. The number of nitrogens with two attached hydrogens (primary N) is 1. The van der Waals surface area contributed by atoms with Gasteiger partial charge in [-0.05, 0) is 19.1 Å². The maximum absolute atomic E-state index is 8.97. The third kappa shape index (κ3) is 2.54. The second-order valence-electron chi connectivity index (χ2n) is 4.79. The van der Waals surface area contributed by atoms with Crippen molar-refractivity contribution in [3.8, 4) is 6.07 Å². The molecule has 104 valence electrons. The van der Waals surface area contributed by atoms with Crippen LogP contribution in [0.5, 0.6) is 0 Å². The van der Waals surface area contributed by atoms with Crippen LogP contribution in [0, 0.1) is 18.3 Å². The molecule has 0 unspecified atom stereocenters. The molecule has 2 N–H and O–H groups in total. The summed E-state index contributed by atoms with van der Waals surface area (Å²) >= 11 is 0. The van der Waals surface area contributed by atoms with Gasteiger partial charge in [0.15, 0.2) is 5.82 Å². The number of nitrogens with zero attached hydrogens (tertiary/aromatic N) is 5. The van der Waals surface area contributed by atoms with E-state index in [1.807, 2.05) is 35.8 Å². The molecule has 0 saturated carbocycles. The van der Waals surface area contributed by atoms with Gasteiger partial charge in [0.25, 0.3) is 0 Å². The van der Waals surface area contributed by atoms with Crippen LogP contribution in [-0.4, -0.2) is 19.5 Å². The Kier molecular flexibility index (Phi) is 3.24. The second kappa shape index (κ2) is 5.21. The van der Waals surface area contributed by atoms with Crippen LogP contribution in [0.15, 0.2) is 30.3 Å². The maximum atomic E-state index is 8.97. The SMILES string of the molecule is Cc1cc(N)nc(Cn2c(CC#N)nc3ccccc32)n1. The number of rotatable bonds is 3. The van der Waals surface area contributed by atoms with Crippen molar-refractivity contribution in [3.05, 3.63) is 47.7 Å². The average molecular weight is 278 g/mol. The predicted molar refractivity (Wildman–Crippen MR) is 79.3 cm³/mol. The molecule has 0 aliphatic rings. The number of aromatic nitrogens is 4. The zero-order valence-corrected chi connectivity index (χ0v) is 11.6. The summed E-state index contributed by atoms with van der Waals surface area (Å²) in [6.07, 6.45) is 0.246. The highest BCUT2D eigenvalue weighted by Crippen LogP contribution is 2.17. The van der Waals surface area contributed by atoms with Gasteiger partial charge in [0, 0.05) is 11.8 Å². The van der Waals surface area contributed by atoms with Crippen molar-refractivity contribution in [1.29, 1.82) is 5.26 Å². The van der Waals surface area contributed by atoms with Crippen LogP contribution in [0.25, 0.3) is 11.0 Å². The molecule has 3 aromatic rings.